The molecule has 0 spiro atoms. The summed E-state index contributed by atoms with van der Waals surface area (Å²) in [5.74, 6) is -1.15. The summed E-state index contributed by atoms with van der Waals surface area (Å²) in [5.41, 5.74) is -0.954. The number of likely N-dealkylation sites (tertiary alicyclic amines) is 1. The zero-order valence-electron chi connectivity index (χ0n) is 12.7. The van der Waals surface area contributed by atoms with Gasteiger partial charge in [-0.1, -0.05) is 13.8 Å². The van der Waals surface area contributed by atoms with Crippen molar-refractivity contribution >= 4 is 17.8 Å². The van der Waals surface area contributed by atoms with Gasteiger partial charge in [-0.05, 0) is 38.6 Å². The molecule has 0 bridgehead atoms. The van der Waals surface area contributed by atoms with Crippen LogP contribution in [0.25, 0.3) is 0 Å². The Morgan fingerprint density at radius 2 is 1.95 bits per heavy atom. The number of carbonyl (C=O) groups is 3. The molecular formula is C15H24N2O4. The second-order valence-corrected chi connectivity index (χ2v) is 6.05. The summed E-state index contributed by atoms with van der Waals surface area (Å²) in [6, 6.07) is 0. The van der Waals surface area contributed by atoms with Crippen LogP contribution in [0.15, 0.2) is 0 Å². The maximum Gasteiger partial charge on any atom is 0.323 e. The molecule has 3 unspecified atom stereocenters. The Balaban J connectivity index is 1.88. The summed E-state index contributed by atoms with van der Waals surface area (Å²) < 4.78 is 0. The van der Waals surface area contributed by atoms with E-state index in [2.05, 4.69) is 5.32 Å². The lowest BCUT2D eigenvalue weighted by Crippen LogP contribution is -2.52. The molecule has 0 aromatic carbocycles. The molecule has 2 amide bonds. The Hall–Kier alpha value is -1.43. The third kappa shape index (κ3) is 2.95. The highest BCUT2D eigenvalue weighted by Crippen LogP contribution is 2.47. The van der Waals surface area contributed by atoms with Crippen LogP contribution in [0, 0.1) is 11.8 Å². The summed E-state index contributed by atoms with van der Waals surface area (Å²) in [6.45, 7) is 4.82. The summed E-state index contributed by atoms with van der Waals surface area (Å²) in [7, 11) is 0. The fraction of sp³-hybridized carbons (Fsp3) is 0.800. The molecule has 1 aliphatic heterocycles. The quantitative estimate of drug-likeness (QED) is 0.620. The number of carbonyl (C=O) groups excluding carboxylic acids is 2. The summed E-state index contributed by atoms with van der Waals surface area (Å²) in [6.07, 6.45) is 3.00. The third-order valence-corrected chi connectivity index (χ3v) is 4.67. The predicted molar refractivity (Wildman–Crippen MR) is 76.5 cm³/mol. The molecule has 1 saturated carbocycles. The Bertz CT molecular complexity index is 431. The predicted octanol–water partition coefficient (Wildman–Crippen LogP) is 1.00. The molecule has 118 valence electrons. The molecular weight excluding hydrogens is 272 g/mol. The van der Waals surface area contributed by atoms with Crippen LogP contribution >= 0.6 is 0 Å². The van der Waals surface area contributed by atoms with Gasteiger partial charge in [0.15, 0.2) is 0 Å². The highest BCUT2D eigenvalue weighted by Gasteiger charge is 2.58. The summed E-state index contributed by atoms with van der Waals surface area (Å²) in [5, 5.41) is 12.6. The Morgan fingerprint density at radius 3 is 2.43 bits per heavy atom. The van der Waals surface area contributed by atoms with Crippen LogP contribution < -0.4 is 5.32 Å². The molecule has 0 aromatic rings. The number of imide groups is 1. The second kappa shape index (κ2) is 6.13. The number of hydrogen-bond acceptors (Lipinski definition) is 4. The van der Waals surface area contributed by atoms with Crippen LogP contribution in [0.4, 0.5) is 0 Å². The van der Waals surface area contributed by atoms with E-state index < -0.39 is 11.5 Å². The van der Waals surface area contributed by atoms with Crippen molar-refractivity contribution in [1.82, 2.24) is 10.2 Å². The minimum atomic E-state index is -0.954. The molecule has 2 aliphatic rings. The standard InChI is InChI=1S/C15H24N2O4/c1-3-7-16-15(4-2,14(20)21)6-5-8-17-12(18)10-9-11(10)13(17)19/h10-11,16H,3-9H2,1-2H3,(H,20,21). The van der Waals surface area contributed by atoms with Crippen molar-refractivity contribution in [2.45, 2.75) is 51.5 Å². The van der Waals surface area contributed by atoms with Crippen molar-refractivity contribution in [1.29, 1.82) is 0 Å². The molecule has 21 heavy (non-hydrogen) atoms. The number of aliphatic carboxylic acids is 1. The van der Waals surface area contributed by atoms with E-state index in [9.17, 15) is 19.5 Å². The van der Waals surface area contributed by atoms with Gasteiger partial charge in [-0.3, -0.25) is 19.3 Å². The van der Waals surface area contributed by atoms with Crippen LogP contribution in [0.5, 0.6) is 0 Å². The van der Waals surface area contributed by atoms with Gasteiger partial charge >= 0.3 is 5.97 Å². The Labute approximate surface area is 124 Å². The van der Waals surface area contributed by atoms with Crippen molar-refractivity contribution in [3.05, 3.63) is 0 Å². The van der Waals surface area contributed by atoms with Gasteiger partial charge in [-0.25, -0.2) is 0 Å². The van der Waals surface area contributed by atoms with Crippen molar-refractivity contribution in [3.63, 3.8) is 0 Å². The van der Waals surface area contributed by atoms with Gasteiger partial charge in [0.05, 0.1) is 11.8 Å². The smallest absolute Gasteiger partial charge is 0.323 e. The average molecular weight is 296 g/mol. The minimum absolute atomic E-state index is 0.0658. The highest BCUT2D eigenvalue weighted by molar-refractivity contribution is 6.08. The first-order valence-corrected chi connectivity index (χ1v) is 7.80. The lowest BCUT2D eigenvalue weighted by Gasteiger charge is -2.30. The molecule has 1 heterocycles. The maximum atomic E-state index is 11.9. The van der Waals surface area contributed by atoms with Gasteiger partial charge in [0, 0.05) is 6.54 Å². The first-order valence-electron chi connectivity index (χ1n) is 7.80. The van der Waals surface area contributed by atoms with Gasteiger partial charge in [-0.2, -0.15) is 0 Å². The number of nitrogens with zero attached hydrogens (tertiary/aromatic N) is 1. The lowest BCUT2D eigenvalue weighted by molar-refractivity contribution is -0.145. The highest BCUT2D eigenvalue weighted by atomic mass is 16.4. The number of piperidine rings is 1. The van der Waals surface area contributed by atoms with Gasteiger partial charge in [0.1, 0.15) is 5.54 Å². The monoisotopic (exact) mass is 296 g/mol. The maximum absolute atomic E-state index is 11.9. The zero-order valence-corrected chi connectivity index (χ0v) is 12.7. The number of hydrogen-bond donors (Lipinski definition) is 2. The zero-order chi connectivity index (χ0) is 15.6. The SMILES string of the molecule is CCCNC(CC)(CCCN1C(=O)C2CC2C1=O)C(=O)O. The van der Waals surface area contributed by atoms with Crippen molar-refractivity contribution in [3.8, 4) is 0 Å². The van der Waals surface area contributed by atoms with E-state index in [0.29, 0.717) is 38.8 Å². The van der Waals surface area contributed by atoms with Crippen LogP contribution in [-0.4, -0.2) is 46.4 Å². The van der Waals surface area contributed by atoms with Crippen LogP contribution in [0.1, 0.15) is 46.0 Å². The summed E-state index contributed by atoms with van der Waals surface area (Å²) in [4.78, 5) is 36.6. The average Bonchev–Trinajstić information content (AvgIpc) is 3.21. The molecule has 6 nitrogen and oxygen atoms in total. The number of carboxylic acids is 1. The normalized spacial score (nSPS) is 26.7. The van der Waals surface area contributed by atoms with E-state index in [1.807, 2.05) is 13.8 Å². The number of amides is 2. The van der Waals surface area contributed by atoms with Crippen molar-refractivity contribution < 1.29 is 19.5 Å². The molecule has 1 saturated heterocycles. The van der Waals surface area contributed by atoms with Crippen LogP contribution in [0.3, 0.4) is 0 Å². The number of fused-ring (bicyclic) bond motifs is 1. The van der Waals surface area contributed by atoms with Crippen molar-refractivity contribution in [2.24, 2.45) is 11.8 Å². The first-order chi connectivity index (χ1) is 9.96. The fourth-order valence-electron chi connectivity index (χ4n) is 3.10. The van der Waals surface area contributed by atoms with E-state index in [4.69, 9.17) is 0 Å². The Morgan fingerprint density at radius 1 is 1.33 bits per heavy atom. The molecule has 2 N–H and O–H groups in total. The van der Waals surface area contributed by atoms with Gasteiger partial charge in [0.25, 0.3) is 0 Å². The summed E-state index contributed by atoms with van der Waals surface area (Å²) >= 11 is 0. The van der Waals surface area contributed by atoms with E-state index >= 15 is 0 Å². The second-order valence-electron chi connectivity index (χ2n) is 6.05. The largest absolute Gasteiger partial charge is 0.480 e. The molecule has 2 fully saturated rings. The number of carboxylic acid groups (broad SMARTS) is 1. The van der Waals surface area contributed by atoms with Crippen LogP contribution in [0.2, 0.25) is 0 Å². The first kappa shape index (κ1) is 15.9. The van der Waals surface area contributed by atoms with Crippen LogP contribution in [-0.2, 0) is 14.4 Å². The van der Waals surface area contributed by atoms with Gasteiger partial charge in [-0.15, -0.1) is 0 Å². The topological polar surface area (TPSA) is 86.7 Å². The fourth-order valence-corrected chi connectivity index (χ4v) is 3.10. The molecule has 2 rings (SSSR count). The van der Waals surface area contributed by atoms with E-state index in [0.717, 1.165) is 6.42 Å². The molecule has 0 radical (unpaired) electrons. The van der Waals surface area contributed by atoms with Crippen molar-refractivity contribution in [2.75, 3.05) is 13.1 Å². The Kier molecular flexibility index (Phi) is 4.66. The minimum Gasteiger partial charge on any atom is -0.480 e. The van der Waals surface area contributed by atoms with E-state index in [1.165, 1.54) is 4.90 Å². The number of rotatable bonds is 9. The van der Waals surface area contributed by atoms with Gasteiger partial charge < -0.3 is 10.4 Å². The lowest BCUT2D eigenvalue weighted by atomic mass is 9.90. The number of nitrogens with one attached hydrogen (secondary N) is 1. The third-order valence-electron chi connectivity index (χ3n) is 4.67. The molecule has 3 atom stereocenters. The van der Waals surface area contributed by atoms with E-state index in [1.54, 1.807) is 0 Å². The van der Waals surface area contributed by atoms with Gasteiger partial charge in [0.2, 0.25) is 11.8 Å². The molecule has 0 aromatic heterocycles. The molecule has 1 aliphatic carbocycles. The van der Waals surface area contributed by atoms with E-state index in [-0.39, 0.29) is 23.7 Å². The molecule has 6 heteroatoms.